The quantitative estimate of drug-likeness (QED) is 0.787. The first-order valence-electron chi connectivity index (χ1n) is 8.72. The molecule has 0 spiro atoms. The number of aryl methyl sites for hydroxylation is 3. The summed E-state index contributed by atoms with van der Waals surface area (Å²) in [6, 6.07) is 10.1. The van der Waals surface area contributed by atoms with E-state index in [1.807, 2.05) is 39.8 Å². The number of carbonyl (C=O) groups is 1. The molecular formula is C20H26N2O4S. The van der Waals surface area contributed by atoms with Crippen LogP contribution in [-0.4, -0.2) is 38.8 Å². The molecule has 7 heteroatoms. The van der Waals surface area contributed by atoms with Gasteiger partial charge in [-0.15, -0.1) is 0 Å². The minimum Gasteiger partial charge on any atom is -0.494 e. The second-order valence-electron chi connectivity index (χ2n) is 6.49. The summed E-state index contributed by atoms with van der Waals surface area (Å²) in [4.78, 5) is 12.5. The van der Waals surface area contributed by atoms with Gasteiger partial charge in [-0.25, -0.2) is 8.42 Å². The van der Waals surface area contributed by atoms with Crippen molar-refractivity contribution in [3.63, 3.8) is 0 Å². The van der Waals surface area contributed by atoms with Crippen LogP contribution in [0.2, 0.25) is 0 Å². The molecule has 1 amide bonds. The van der Waals surface area contributed by atoms with E-state index in [1.165, 1.54) is 19.2 Å². The van der Waals surface area contributed by atoms with E-state index in [-0.39, 0.29) is 17.3 Å². The lowest BCUT2D eigenvalue weighted by Crippen LogP contribution is -2.35. The fourth-order valence-electron chi connectivity index (χ4n) is 2.90. The highest BCUT2D eigenvalue weighted by molar-refractivity contribution is 7.89. The molecule has 2 rings (SSSR count). The van der Waals surface area contributed by atoms with E-state index in [1.54, 1.807) is 12.1 Å². The van der Waals surface area contributed by atoms with Gasteiger partial charge in [-0.1, -0.05) is 17.7 Å². The topological polar surface area (TPSA) is 75.7 Å². The van der Waals surface area contributed by atoms with E-state index in [0.717, 1.165) is 26.7 Å². The summed E-state index contributed by atoms with van der Waals surface area (Å²) < 4.78 is 31.7. The Hall–Kier alpha value is -2.38. The lowest BCUT2D eigenvalue weighted by Gasteiger charge is -2.18. The molecule has 0 saturated heterocycles. The maximum atomic E-state index is 12.7. The van der Waals surface area contributed by atoms with Crippen LogP contribution in [0, 0.1) is 20.8 Å². The molecule has 146 valence electrons. The zero-order valence-corrected chi connectivity index (χ0v) is 17.2. The third kappa shape index (κ3) is 5.08. The van der Waals surface area contributed by atoms with E-state index in [4.69, 9.17) is 4.74 Å². The van der Waals surface area contributed by atoms with Crippen LogP contribution in [0.25, 0.3) is 0 Å². The van der Waals surface area contributed by atoms with Crippen molar-refractivity contribution in [3.8, 4) is 5.75 Å². The lowest BCUT2D eigenvalue weighted by molar-refractivity contribution is -0.116. The number of anilines is 1. The van der Waals surface area contributed by atoms with Crippen LogP contribution >= 0.6 is 0 Å². The van der Waals surface area contributed by atoms with Crippen LogP contribution in [0.3, 0.4) is 0 Å². The highest BCUT2D eigenvalue weighted by Gasteiger charge is 2.23. The summed E-state index contributed by atoms with van der Waals surface area (Å²) in [7, 11) is -2.38. The smallest absolute Gasteiger partial charge is 0.243 e. The second-order valence-corrected chi connectivity index (χ2v) is 8.53. The third-order valence-electron chi connectivity index (χ3n) is 4.15. The van der Waals surface area contributed by atoms with Crippen molar-refractivity contribution in [2.24, 2.45) is 0 Å². The molecule has 0 aliphatic carbocycles. The summed E-state index contributed by atoms with van der Waals surface area (Å²) >= 11 is 0. The normalized spacial score (nSPS) is 11.5. The predicted molar refractivity (Wildman–Crippen MR) is 107 cm³/mol. The molecule has 2 aromatic carbocycles. The highest BCUT2D eigenvalue weighted by atomic mass is 32.2. The molecule has 0 atom stereocenters. The van der Waals surface area contributed by atoms with E-state index in [0.29, 0.717) is 12.4 Å². The van der Waals surface area contributed by atoms with Crippen LogP contribution < -0.4 is 10.1 Å². The Morgan fingerprint density at radius 1 is 1.07 bits per heavy atom. The molecule has 6 nitrogen and oxygen atoms in total. The molecule has 0 saturated carbocycles. The number of likely N-dealkylation sites (N-methyl/N-ethyl adjacent to an activating group) is 1. The highest BCUT2D eigenvalue weighted by Crippen LogP contribution is 2.22. The SMILES string of the molecule is CCOc1ccc(S(=O)(=O)N(C)CC(=O)Nc2c(C)cc(C)cc2C)cc1. The molecule has 27 heavy (non-hydrogen) atoms. The Morgan fingerprint density at radius 2 is 1.63 bits per heavy atom. The number of sulfonamides is 1. The summed E-state index contributed by atoms with van der Waals surface area (Å²) in [6.45, 7) is 7.90. The largest absolute Gasteiger partial charge is 0.494 e. The zero-order valence-electron chi connectivity index (χ0n) is 16.4. The Labute approximate surface area is 161 Å². The molecule has 0 bridgehead atoms. The fraction of sp³-hybridized carbons (Fsp3) is 0.350. The predicted octanol–water partition coefficient (Wildman–Crippen LogP) is 3.27. The van der Waals surface area contributed by atoms with Crippen molar-refractivity contribution in [2.75, 3.05) is 25.5 Å². The van der Waals surface area contributed by atoms with Crippen LogP contribution in [0.1, 0.15) is 23.6 Å². The van der Waals surface area contributed by atoms with Crippen molar-refractivity contribution in [2.45, 2.75) is 32.6 Å². The number of nitrogens with one attached hydrogen (secondary N) is 1. The Balaban J connectivity index is 2.11. The lowest BCUT2D eigenvalue weighted by atomic mass is 10.1. The minimum absolute atomic E-state index is 0.115. The summed E-state index contributed by atoms with van der Waals surface area (Å²) in [5.41, 5.74) is 3.71. The van der Waals surface area contributed by atoms with Crippen LogP contribution in [0.5, 0.6) is 5.75 Å². The first-order valence-corrected chi connectivity index (χ1v) is 10.2. The van der Waals surface area contributed by atoms with Crippen LogP contribution in [0.4, 0.5) is 5.69 Å². The van der Waals surface area contributed by atoms with Crippen molar-refractivity contribution >= 4 is 21.6 Å². The molecule has 0 radical (unpaired) electrons. The summed E-state index contributed by atoms with van der Waals surface area (Å²) in [5, 5.41) is 2.82. The number of rotatable bonds is 7. The van der Waals surface area contributed by atoms with Gasteiger partial charge in [0.1, 0.15) is 5.75 Å². The van der Waals surface area contributed by atoms with Gasteiger partial charge in [0.2, 0.25) is 15.9 Å². The van der Waals surface area contributed by atoms with Gasteiger partial charge in [0.05, 0.1) is 18.0 Å². The molecule has 0 heterocycles. The van der Waals surface area contributed by atoms with E-state index < -0.39 is 10.0 Å². The second kappa shape index (κ2) is 8.54. The number of benzene rings is 2. The minimum atomic E-state index is -3.77. The molecule has 0 unspecified atom stereocenters. The number of amides is 1. The maximum absolute atomic E-state index is 12.7. The molecule has 1 N–H and O–H groups in total. The van der Waals surface area contributed by atoms with Crippen LogP contribution in [-0.2, 0) is 14.8 Å². The van der Waals surface area contributed by atoms with Gasteiger partial charge in [0, 0.05) is 12.7 Å². The number of ether oxygens (including phenoxy) is 1. The molecule has 0 aliphatic heterocycles. The molecule has 2 aromatic rings. The molecule has 0 aromatic heterocycles. The van der Waals surface area contributed by atoms with E-state index in [9.17, 15) is 13.2 Å². The van der Waals surface area contributed by atoms with Crippen molar-refractivity contribution in [1.82, 2.24) is 4.31 Å². The zero-order chi connectivity index (χ0) is 20.2. The van der Waals surface area contributed by atoms with E-state index in [2.05, 4.69) is 5.32 Å². The van der Waals surface area contributed by atoms with Crippen molar-refractivity contribution in [1.29, 1.82) is 0 Å². The van der Waals surface area contributed by atoms with Gasteiger partial charge in [-0.05, 0) is 63.1 Å². The first kappa shape index (κ1) is 20.9. The van der Waals surface area contributed by atoms with Gasteiger partial charge in [-0.2, -0.15) is 4.31 Å². The third-order valence-corrected chi connectivity index (χ3v) is 5.97. The summed E-state index contributed by atoms with van der Waals surface area (Å²) in [5.74, 6) is 0.212. The van der Waals surface area contributed by atoms with Gasteiger partial charge in [0.15, 0.2) is 0 Å². The van der Waals surface area contributed by atoms with E-state index >= 15 is 0 Å². The number of nitrogens with zero attached hydrogens (tertiary/aromatic N) is 1. The van der Waals surface area contributed by atoms with Gasteiger partial charge < -0.3 is 10.1 Å². The Bertz CT molecular complexity index is 898. The van der Waals surface area contributed by atoms with Gasteiger partial charge in [-0.3, -0.25) is 4.79 Å². The van der Waals surface area contributed by atoms with Crippen molar-refractivity contribution in [3.05, 3.63) is 53.1 Å². The Kier molecular flexibility index (Phi) is 6.62. The maximum Gasteiger partial charge on any atom is 0.243 e. The van der Waals surface area contributed by atoms with Crippen LogP contribution in [0.15, 0.2) is 41.3 Å². The van der Waals surface area contributed by atoms with Gasteiger partial charge >= 0.3 is 0 Å². The fourth-order valence-corrected chi connectivity index (χ4v) is 4.02. The molecular weight excluding hydrogens is 364 g/mol. The standard InChI is InChI=1S/C20H26N2O4S/c1-6-26-17-7-9-18(10-8-17)27(24,25)22(5)13-19(23)21-20-15(3)11-14(2)12-16(20)4/h7-12H,6,13H2,1-5H3,(H,21,23). The summed E-state index contributed by atoms with van der Waals surface area (Å²) in [6.07, 6.45) is 0. The van der Waals surface area contributed by atoms with Crippen molar-refractivity contribution < 1.29 is 17.9 Å². The average Bonchev–Trinajstić information content (AvgIpc) is 2.58. The number of hydrogen-bond acceptors (Lipinski definition) is 4. The monoisotopic (exact) mass is 390 g/mol. The van der Waals surface area contributed by atoms with Gasteiger partial charge in [0.25, 0.3) is 0 Å². The molecule has 0 fully saturated rings. The first-order chi connectivity index (χ1) is 12.6. The molecule has 0 aliphatic rings. The number of carbonyl (C=O) groups excluding carboxylic acids is 1. The Morgan fingerprint density at radius 3 is 2.15 bits per heavy atom. The number of hydrogen-bond donors (Lipinski definition) is 1. The average molecular weight is 391 g/mol.